The number of carbonyl (C=O) groups is 1. The largest absolute Gasteiger partial charge is 0.307 e. The molecule has 0 spiro atoms. The lowest BCUT2D eigenvalue weighted by molar-refractivity contribution is 0.0844. The van der Waals surface area contributed by atoms with Gasteiger partial charge in [0.1, 0.15) is 0 Å². The Hall–Kier alpha value is -3.13. The molecule has 0 aromatic heterocycles. The van der Waals surface area contributed by atoms with Crippen LogP contribution in [0.15, 0.2) is 91.0 Å². The first-order valence-corrected chi connectivity index (χ1v) is 8.55. The molecule has 0 unspecified atom stereocenters. The first-order chi connectivity index (χ1) is 12.3. The Kier molecular flexibility index (Phi) is 4.17. The van der Waals surface area contributed by atoms with E-state index >= 15 is 0 Å². The molecule has 0 aliphatic carbocycles. The van der Waals surface area contributed by atoms with E-state index in [0.717, 1.165) is 23.2 Å². The molecule has 2 heteroatoms. The molecule has 1 heterocycles. The third-order valence-corrected chi connectivity index (χ3v) is 4.58. The van der Waals surface area contributed by atoms with Crippen molar-refractivity contribution in [1.82, 2.24) is 4.90 Å². The van der Waals surface area contributed by atoms with Gasteiger partial charge in [0.15, 0.2) is 0 Å². The highest BCUT2D eigenvalue weighted by atomic mass is 16.2. The predicted octanol–water partition coefficient (Wildman–Crippen LogP) is 5.10. The second-order valence-corrected chi connectivity index (χ2v) is 6.13. The lowest BCUT2D eigenvalue weighted by atomic mass is 9.99. The fourth-order valence-corrected chi connectivity index (χ4v) is 3.40. The zero-order chi connectivity index (χ0) is 17.1. The zero-order valence-electron chi connectivity index (χ0n) is 13.9. The molecule has 1 aliphatic rings. The quantitative estimate of drug-likeness (QED) is 0.656. The van der Waals surface area contributed by atoms with Crippen LogP contribution in [0.2, 0.25) is 0 Å². The molecule has 0 N–H and O–H groups in total. The summed E-state index contributed by atoms with van der Waals surface area (Å²) >= 11 is 0. The summed E-state index contributed by atoms with van der Waals surface area (Å²) in [5.74, 6) is 0.0605. The van der Waals surface area contributed by atoms with Gasteiger partial charge in [-0.15, -0.1) is 0 Å². The first kappa shape index (κ1) is 15.4. The van der Waals surface area contributed by atoms with Crippen LogP contribution in [-0.2, 0) is 0 Å². The van der Waals surface area contributed by atoms with Crippen molar-refractivity contribution in [3.63, 3.8) is 0 Å². The molecule has 1 aliphatic heterocycles. The number of hydrogen-bond donors (Lipinski definition) is 0. The Balaban J connectivity index is 1.83. The van der Waals surface area contributed by atoms with E-state index in [9.17, 15) is 4.79 Å². The van der Waals surface area contributed by atoms with Crippen molar-refractivity contribution in [2.24, 2.45) is 0 Å². The Morgan fingerprint density at radius 1 is 0.680 bits per heavy atom. The summed E-state index contributed by atoms with van der Waals surface area (Å²) in [4.78, 5) is 15.0. The van der Waals surface area contributed by atoms with Gasteiger partial charge in [-0.2, -0.15) is 0 Å². The second kappa shape index (κ2) is 6.78. The monoisotopic (exact) mass is 325 g/mol. The SMILES string of the molecule is O=C(c1ccccc1)N1CCC(c2ccccc2)=C1c1ccccc1. The maximum atomic E-state index is 13.1. The van der Waals surface area contributed by atoms with Crippen LogP contribution >= 0.6 is 0 Å². The van der Waals surface area contributed by atoms with Crippen molar-refractivity contribution < 1.29 is 4.79 Å². The molecule has 0 saturated heterocycles. The van der Waals surface area contributed by atoms with Gasteiger partial charge in [-0.1, -0.05) is 78.9 Å². The second-order valence-electron chi connectivity index (χ2n) is 6.13. The van der Waals surface area contributed by atoms with E-state index in [0.29, 0.717) is 6.54 Å². The summed E-state index contributed by atoms with van der Waals surface area (Å²) in [5, 5.41) is 0. The minimum atomic E-state index is 0.0605. The van der Waals surface area contributed by atoms with Gasteiger partial charge in [0.25, 0.3) is 5.91 Å². The van der Waals surface area contributed by atoms with Crippen LogP contribution in [0.25, 0.3) is 11.3 Å². The number of nitrogens with zero attached hydrogens (tertiary/aromatic N) is 1. The molecule has 25 heavy (non-hydrogen) atoms. The van der Waals surface area contributed by atoms with Gasteiger partial charge in [-0.25, -0.2) is 0 Å². The van der Waals surface area contributed by atoms with Crippen molar-refractivity contribution in [2.45, 2.75) is 6.42 Å². The summed E-state index contributed by atoms with van der Waals surface area (Å²) < 4.78 is 0. The molecule has 2 nitrogen and oxygen atoms in total. The molecule has 0 radical (unpaired) electrons. The van der Waals surface area contributed by atoms with Gasteiger partial charge in [-0.3, -0.25) is 4.79 Å². The van der Waals surface area contributed by atoms with Crippen LogP contribution in [0.5, 0.6) is 0 Å². The molecular weight excluding hydrogens is 306 g/mol. The molecule has 3 aromatic rings. The lowest BCUT2D eigenvalue weighted by Gasteiger charge is -2.21. The van der Waals surface area contributed by atoms with Crippen LogP contribution in [0.3, 0.4) is 0 Å². The van der Waals surface area contributed by atoms with Gasteiger partial charge < -0.3 is 4.90 Å². The maximum Gasteiger partial charge on any atom is 0.258 e. The Morgan fingerprint density at radius 3 is 1.80 bits per heavy atom. The van der Waals surface area contributed by atoms with E-state index in [1.807, 2.05) is 71.6 Å². The summed E-state index contributed by atoms with van der Waals surface area (Å²) in [6, 6.07) is 30.1. The van der Waals surface area contributed by atoms with E-state index in [1.165, 1.54) is 11.1 Å². The average molecular weight is 325 g/mol. The molecule has 122 valence electrons. The highest BCUT2D eigenvalue weighted by Gasteiger charge is 2.29. The van der Waals surface area contributed by atoms with E-state index in [2.05, 4.69) is 24.3 Å². The highest BCUT2D eigenvalue weighted by molar-refractivity contribution is 6.06. The summed E-state index contributed by atoms with van der Waals surface area (Å²) in [6.07, 6.45) is 0.868. The molecule has 4 rings (SSSR count). The predicted molar refractivity (Wildman–Crippen MR) is 102 cm³/mol. The number of rotatable bonds is 3. The Morgan fingerprint density at radius 2 is 1.20 bits per heavy atom. The van der Waals surface area contributed by atoms with Gasteiger partial charge >= 0.3 is 0 Å². The van der Waals surface area contributed by atoms with Gasteiger partial charge in [-0.05, 0) is 35.3 Å². The van der Waals surface area contributed by atoms with E-state index in [1.54, 1.807) is 0 Å². The molecule has 0 bridgehead atoms. The fourth-order valence-electron chi connectivity index (χ4n) is 3.40. The molecule has 1 amide bonds. The van der Waals surface area contributed by atoms with Crippen LogP contribution in [0, 0.1) is 0 Å². The highest BCUT2D eigenvalue weighted by Crippen LogP contribution is 2.38. The van der Waals surface area contributed by atoms with Crippen LogP contribution in [0.1, 0.15) is 27.9 Å². The normalized spacial score (nSPS) is 14.0. The lowest BCUT2D eigenvalue weighted by Crippen LogP contribution is -2.27. The summed E-state index contributed by atoms with van der Waals surface area (Å²) in [7, 11) is 0. The standard InChI is InChI=1S/C23H19NO/c25-23(20-14-8-3-9-15-20)24-17-16-21(18-10-4-1-5-11-18)22(24)19-12-6-2-7-13-19/h1-15H,16-17H2. The molecular formula is C23H19NO. The summed E-state index contributed by atoms with van der Waals surface area (Å²) in [5.41, 5.74) is 5.26. The number of amides is 1. The average Bonchev–Trinajstić information content (AvgIpc) is 3.14. The molecule has 0 fully saturated rings. The smallest absolute Gasteiger partial charge is 0.258 e. The van der Waals surface area contributed by atoms with Gasteiger partial charge in [0.05, 0.1) is 5.70 Å². The topological polar surface area (TPSA) is 20.3 Å². The molecule has 0 saturated carbocycles. The summed E-state index contributed by atoms with van der Waals surface area (Å²) in [6.45, 7) is 0.710. The van der Waals surface area contributed by atoms with Crippen LogP contribution < -0.4 is 0 Å². The fraction of sp³-hybridized carbons (Fsp3) is 0.0870. The third kappa shape index (κ3) is 2.99. The van der Waals surface area contributed by atoms with E-state index < -0.39 is 0 Å². The number of benzene rings is 3. The van der Waals surface area contributed by atoms with Crippen molar-refractivity contribution >= 4 is 17.2 Å². The number of hydrogen-bond acceptors (Lipinski definition) is 1. The van der Waals surface area contributed by atoms with Crippen molar-refractivity contribution in [2.75, 3.05) is 6.54 Å². The van der Waals surface area contributed by atoms with Crippen molar-refractivity contribution in [1.29, 1.82) is 0 Å². The van der Waals surface area contributed by atoms with Crippen LogP contribution in [-0.4, -0.2) is 17.4 Å². The Labute approximate surface area is 148 Å². The van der Waals surface area contributed by atoms with E-state index in [4.69, 9.17) is 0 Å². The zero-order valence-corrected chi connectivity index (χ0v) is 13.9. The molecule has 0 atom stereocenters. The molecule has 3 aromatic carbocycles. The van der Waals surface area contributed by atoms with Gasteiger partial charge in [0, 0.05) is 12.1 Å². The maximum absolute atomic E-state index is 13.1. The third-order valence-electron chi connectivity index (χ3n) is 4.58. The van der Waals surface area contributed by atoms with Crippen molar-refractivity contribution in [3.05, 3.63) is 108 Å². The van der Waals surface area contributed by atoms with Gasteiger partial charge in [0.2, 0.25) is 0 Å². The van der Waals surface area contributed by atoms with Crippen molar-refractivity contribution in [3.8, 4) is 0 Å². The first-order valence-electron chi connectivity index (χ1n) is 8.55. The van der Waals surface area contributed by atoms with Crippen LogP contribution in [0.4, 0.5) is 0 Å². The minimum absolute atomic E-state index is 0.0605. The number of carbonyl (C=O) groups excluding carboxylic acids is 1. The van der Waals surface area contributed by atoms with E-state index in [-0.39, 0.29) is 5.91 Å². The Bertz CT molecular complexity index is 899. The minimum Gasteiger partial charge on any atom is -0.307 e.